The minimum Gasteiger partial charge on any atom is -0.318 e. The van der Waals surface area contributed by atoms with Gasteiger partial charge in [-0.25, -0.2) is 0 Å². The summed E-state index contributed by atoms with van der Waals surface area (Å²) in [7, 11) is 2.08. The van der Waals surface area contributed by atoms with Crippen LogP contribution >= 0.6 is 0 Å². The van der Waals surface area contributed by atoms with E-state index in [9.17, 15) is 0 Å². The van der Waals surface area contributed by atoms with Crippen molar-refractivity contribution in [2.75, 3.05) is 20.1 Å². The molecule has 0 aliphatic heterocycles. The number of likely N-dealkylation sites (N-methyl/N-ethyl adjacent to an activating group) is 1. The van der Waals surface area contributed by atoms with Gasteiger partial charge in [-0.1, -0.05) is 26.7 Å². The highest BCUT2D eigenvalue weighted by Gasteiger charge is 2.32. The van der Waals surface area contributed by atoms with E-state index < -0.39 is 0 Å². The minimum absolute atomic E-state index is 0.777. The van der Waals surface area contributed by atoms with E-state index in [0.717, 1.165) is 18.6 Å². The Hall–Kier alpha value is -0.0800. The number of nitrogens with one attached hydrogen (secondary N) is 1. The molecule has 1 fully saturated rings. The predicted octanol–water partition coefficient (Wildman–Crippen LogP) is 2.64. The maximum atomic E-state index is 3.35. The Balaban J connectivity index is 2.40. The van der Waals surface area contributed by atoms with Gasteiger partial charge in [0, 0.05) is 18.6 Å². The number of hydrogen-bond acceptors (Lipinski definition) is 2. The maximum Gasteiger partial charge on any atom is 0.0223 e. The Morgan fingerprint density at radius 1 is 1.27 bits per heavy atom. The predicted molar refractivity (Wildman–Crippen MR) is 67.3 cm³/mol. The van der Waals surface area contributed by atoms with E-state index in [-0.39, 0.29) is 0 Å². The van der Waals surface area contributed by atoms with Crippen molar-refractivity contribution < 1.29 is 0 Å². The van der Waals surface area contributed by atoms with E-state index in [0.29, 0.717) is 0 Å². The molecule has 15 heavy (non-hydrogen) atoms. The molecule has 2 nitrogen and oxygen atoms in total. The average molecular weight is 212 g/mol. The lowest BCUT2D eigenvalue weighted by Crippen LogP contribution is -2.43. The van der Waals surface area contributed by atoms with Crippen molar-refractivity contribution in [3.05, 3.63) is 0 Å². The third-order valence-electron chi connectivity index (χ3n) is 3.32. The van der Waals surface area contributed by atoms with Crippen molar-refractivity contribution in [1.29, 1.82) is 0 Å². The van der Waals surface area contributed by atoms with E-state index >= 15 is 0 Å². The third kappa shape index (κ3) is 4.52. The quantitative estimate of drug-likeness (QED) is 0.632. The topological polar surface area (TPSA) is 15.3 Å². The Labute approximate surface area is 95.4 Å². The van der Waals surface area contributed by atoms with Crippen molar-refractivity contribution in [3.63, 3.8) is 0 Å². The molecule has 0 amide bonds. The van der Waals surface area contributed by atoms with Gasteiger partial charge in [0.05, 0.1) is 0 Å². The van der Waals surface area contributed by atoms with Crippen molar-refractivity contribution in [2.45, 2.75) is 64.5 Å². The molecular weight excluding hydrogens is 184 g/mol. The van der Waals surface area contributed by atoms with E-state index in [1.807, 2.05) is 0 Å². The Morgan fingerprint density at radius 3 is 2.47 bits per heavy atom. The zero-order valence-electron chi connectivity index (χ0n) is 10.8. The molecule has 1 rings (SSSR count). The van der Waals surface area contributed by atoms with Crippen LogP contribution in [-0.2, 0) is 0 Å². The number of hydrogen-bond donors (Lipinski definition) is 1. The molecule has 1 aliphatic carbocycles. The average Bonchev–Trinajstić information content (AvgIpc) is 3.03. The second-order valence-corrected chi connectivity index (χ2v) is 4.82. The van der Waals surface area contributed by atoms with Gasteiger partial charge in [-0.3, -0.25) is 4.90 Å². The summed E-state index contributed by atoms with van der Waals surface area (Å²) in [5.74, 6) is 0. The van der Waals surface area contributed by atoms with E-state index in [4.69, 9.17) is 0 Å². The highest BCUT2D eigenvalue weighted by atomic mass is 15.2. The highest BCUT2D eigenvalue weighted by molar-refractivity contribution is 4.89. The molecule has 0 bridgehead atoms. The third-order valence-corrected chi connectivity index (χ3v) is 3.32. The van der Waals surface area contributed by atoms with Gasteiger partial charge in [0.25, 0.3) is 0 Å². The van der Waals surface area contributed by atoms with Crippen molar-refractivity contribution in [3.8, 4) is 0 Å². The van der Waals surface area contributed by atoms with Crippen LogP contribution < -0.4 is 5.32 Å². The molecule has 0 heterocycles. The molecular formula is C13H28N2. The zero-order chi connectivity index (χ0) is 11.1. The van der Waals surface area contributed by atoms with E-state index in [1.54, 1.807) is 0 Å². The molecule has 0 radical (unpaired) electrons. The first-order chi connectivity index (χ1) is 7.33. The van der Waals surface area contributed by atoms with Crippen LogP contribution in [0.3, 0.4) is 0 Å². The van der Waals surface area contributed by atoms with Gasteiger partial charge in [-0.2, -0.15) is 0 Å². The Morgan fingerprint density at radius 2 is 2.00 bits per heavy atom. The normalized spacial score (nSPS) is 18.4. The summed E-state index contributed by atoms with van der Waals surface area (Å²) in [5.41, 5.74) is 0. The fraction of sp³-hybridized carbons (Fsp3) is 1.00. The fourth-order valence-corrected chi connectivity index (χ4v) is 2.36. The van der Waals surface area contributed by atoms with Crippen LogP contribution in [-0.4, -0.2) is 37.1 Å². The molecule has 0 aromatic rings. The van der Waals surface area contributed by atoms with Crippen LogP contribution in [0.4, 0.5) is 0 Å². The van der Waals surface area contributed by atoms with Crippen LogP contribution in [0.25, 0.3) is 0 Å². The van der Waals surface area contributed by atoms with Crippen molar-refractivity contribution in [2.24, 2.45) is 0 Å². The molecule has 1 unspecified atom stereocenters. The summed E-state index contributed by atoms with van der Waals surface area (Å²) < 4.78 is 0. The lowest BCUT2D eigenvalue weighted by atomic mass is 10.1. The van der Waals surface area contributed by atoms with Gasteiger partial charge in [0.1, 0.15) is 0 Å². The van der Waals surface area contributed by atoms with Gasteiger partial charge in [0.2, 0.25) is 0 Å². The summed E-state index contributed by atoms with van der Waals surface area (Å²) in [4.78, 5) is 2.77. The molecule has 2 heteroatoms. The van der Waals surface area contributed by atoms with Gasteiger partial charge in [-0.15, -0.1) is 0 Å². The molecule has 1 N–H and O–H groups in total. The molecule has 0 saturated heterocycles. The molecule has 0 aromatic carbocycles. The molecule has 1 aliphatic rings. The van der Waals surface area contributed by atoms with Gasteiger partial charge >= 0.3 is 0 Å². The van der Waals surface area contributed by atoms with Crippen LogP contribution in [0, 0.1) is 0 Å². The summed E-state index contributed by atoms with van der Waals surface area (Å²) in [6.07, 6.45) is 8.21. The van der Waals surface area contributed by atoms with Gasteiger partial charge < -0.3 is 5.32 Å². The van der Waals surface area contributed by atoms with Crippen LogP contribution in [0.5, 0.6) is 0 Å². The SMILES string of the molecule is CCCCN(C1CC1)C(CCC)CNC. The molecule has 90 valence electrons. The molecule has 1 saturated carbocycles. The number of unbranched alkanes of at least 4 members (excludes halogenated alkanes) is 1. The van der Waals surface area contributed by atoms with Gasteiger partial charge in [-0.05, 0) is 39.3 Å². The van der Waals surface area contributed by atoms with Gasteiger partial charge in [0.15, 0.2) is 0 Å². The zero-order valence-corrected chi connectivity index (χ0v) is 10.8. The van der Waals surface area contributed by atoms with Crippen molar-refractivity contribution >= 4 is 0 Å². The van der Waals surface area contributed by atoms with E-state index in [2.05, 4.69) is 31.1 Å². The second kappa shape index (κ2) is 7.24. The highest BCUT2D eigenvalue weighted by Crippen LogP contribution is 2.29. The monoisotopic (exact) mass is 212 g/mol. The molecule has 0 aromatic heterocycles. The number of nitrogens with zero attached hydrogens (tertiary/aromatic N) is 1. The van der Waals surface area contributed by atoms with Crippen molar-refractivity contribution in [1.82, 2.24) is 10.2 Å². The molecule has 1 atom stereocenters. The Bertz CT molecular complexity index is 149. The standard InChI is InChI=1S/C13H28N2/c1-4-6-10-15(12-8-9-12)13(7-5-2)11-14-3/h12-14H,4-11H2,1-3H3. The molecule has 0 spiro atoms. The minimum atomic E-state index is 0.777. The fourth-order valence-electron chi connectivity index (χ4n) is 2.36. The van der Waals surface area contributed by atoms with Crippen LogP contribution in [0.1, 0.15) is 52.4 Å². The number of rotatable bonds is 9. The Kier molecular flexibility index (Phi) is 6.26. The van der Waals surface area contributed by atoms with Crippen LogP contribution in [0.2, 0.25) is 0 Å². The lowest BCUT2D eigenvalue weighted by Gasteiger charge is -2.31. The second-order valence-electron chi connectivity index (χ2n) is 4.82. The largest absolute Gasteiger partial charge is 0.318 e. The first-order valence-electron chi connectivity index (χ1n) is 6.73. The maximum absolute atomic E-state index is 3.35. The van der Waals surface area contributed by atoms with E-state index in [1.165, 1.54) is 45.1 Å². The summed E-state index contributed by atoms with van der Waals surface area (Å²) in [6.45, 7) is 7.06. The summed E-state index contributed by atoms with van der Waals surface area (Å²) >= 11 is 0. The lowest BCUT2D eigenvalue weighted by molar-refractivity contribution is 0.171. The summed E-state index contributed by atoms with van der Waals surface area (Å²) in [6, 6.07) is 1.69. The van der Waals surface area contributed by atoms with Crippen LogP contribution in [0.15, 0.2) is 0 Å². The first-order valence-corrected chi connectivity index (χ1v) is 6.73. The summed E-state index contributed by atoms with van der Waals surface area (Å²) in [5, 5.41) is 3.35. The first kappa shape index (κ1) is 13.0. The smallest absolute Gasteiger partial charge is 0.0223 e.